The maximum Gasteiger partial charge on any atom is 0.328 e. The summed E-state index contributed by atoms with van der Waals surface area (Å²) in [4.78, 5) is 52.1. The number of Topliss-reactive ketones (excluding diaryl/α,β-unsaturated/α-hetero) is 1. The molecule has 11 heteroatoms. The lowest BCUT2D eigenvalue weighted by molar-refractivity contribution is -0.215. The van der Waals surface area contributed by atoms with E-state index in [1.807, 2.05) is 0 Å². The molecule has 0 amide bonds. The van der Waals surface area contributed by atoms with Crippen LogP contribution in [0, 0.1) is 5.92 Å². The minimum Gasteiger partial charge on any atom is -0.481 e. The SMILES string of the molecule is CC(=O)C(C)=CC(=O)O.O=C(O)C(C(=O)O)c1ccccc1.O=C(O)CC1CCCCC12OCCO2. The van der Waals surface area contributed by atoms with E-state index in [-0.39, 0.29) is 29.3 Å². The van der Waals surface area contributed by atoms with Gasteiger partial charge in [0.2, 0.25) is 0 Å². The molecule has 1 aliphatic carbocycles. The number of aliphatic carboxylic acids is 4. The molecule has 198 valence electrons. The van der Waals surface area contributed by atoms with E-state index < -0.39 is 35.6 Å². The minimum absolute atomic E-state index is 0.0382. The summed E-state index contributed by atoms with van der Waals surface area (Å²) in [6, 6.07) is 7.87. The van der Waals surface area contributed by atoms with Crippen LogP contribution in [0.4, 0.5) is 0 Å². The van der Waals surface area contributed by atoms with Gasteiger partial charge in [0.1, 0.15) is 0 Å². The molecule has 1 atom stereocenters. The molecule has 36 heavy (non-hydrogen) atoms. The fraction of sp³-hybridized carbons (Fsp3) is 0.480. The molecule has 1 unspecified atom stereocenters. The van der Waals surface area contributed by atoms with Crippen molar-refractivity contribution in [1.29, 1.82) is 0 Å². The molecule has 0 radical (unpaired) electrons. The number of hydrogen-bond acceptors (Lipinski definition) is 7. The Kier molecular flexibility index (Phi) is 12.5. The molecule has 4 N–H and O–H groups in total. The van der Waals surface area contributed by atoms with Gasteiger partial charge in [-0.1, -0.05) is 36.8 Å². The third-order valence-corrected chi connectivity index (χ3v) is 5.67. The number of carbonyl (C=O) groups is 5. The highest BCUT2D eigenvalue weighted by atomic mass is 16.7. The first kappa shape index (κ1) is 30.5. The van der Waals surface area contributed by atoms with Gasteiger partial charge in [0, 0.05) is 18.4 Å². The van der Waals surface area contributed by atoms with Crippen molar-refractivity contribution in [3.05, 3.63) is 47.5 Å². The van der Waals surface area contributed by atoms with Crippen LogP contribution in [0.1, 0.15) is 57.4 Å². The highest BCUT2D eigenvalue weighted by Crippen LogP contribution is 2.42. The van der Waals surface area contributed by atoms with Gasteiger partial charge in [-0.3, -0.25) is 19.2 Å². The smallest absolute Gasteiger partial charge is 0.328 e. The summed E-state index contributed by atoms with van der Waals surface area (Å²) < 4.78 is 11.2. The minimum atomic E-state index is -1.47. The van der Waals surface area contributed by atoms with Crippen LogP contribution < -0.4 is 0 Å². The number of allylic oxidation sites excluding steroid dienone is 1. The molecule has 11 nitrogen and oxygen atoms in total. The lowest BCUT2D eigenvalue weighted by atomic mass is 9.81. The van der Waals surface area contributed by atoms with Crippen LogP contribution in [0.5, 0.6) is 0 Å². The molecule has 2 fully saturated rings. The first-order chi connectivity index (χ1) is 16.9. The van der Waals surface area contributed by atoms with Gasteiger partial charge in [-0.2, -0.15) is 0 Å². The van der Waals surface area contributed by atoms with E-state index in [1.165, 1.54) is 26.0 Å². The largest absolute Gasteiger partial charge is 0.481 e. The lowest BCUT2D eigenvalue weighted by Gasteiger charge is -2.38. The number of benzene rings is 1. The Balaban J connectivity index is 0.000000278. The fourth-order valence-corrected chi connectivity index (χ4v) is 3.83. The van der Waals surface area contributed by atoms with E-state index in [9.17, 15) is 24.0 Å². The van der Waals surface area contributed by atoms with E-state index in [0.29, 0.717) is 13.2 Å². The van der Waals surface area contributed by atoms with Crippen molar-refractivity contribution >= 4 is 29.7 Å². The van der Waals surface area contributed by atoms with Crippen molar-refractivity contribution in [2.24, 2.45) is 5.92 Å². The Morgan fingerprint density at radius 2 is 1.50 bits per heavy atom. The van der Waals surface area contributed by atoms with Crippen LogP contribution in [0.3, 0.4) is 0 Å². The zero-order valence-corrected chi connectivity index (χ0v) is 20.2. The molecule has 1 aliphatic heterocycles. The highest BCUT2D eigenvalue weighted by Gasteiger charge is 2.46. The summed E-state index contributed by atoms with van der Waals surface area (Å²) in [5.74, 6) is -6.73. The van der Waals surface area contributed by atoms with E-state index in [2.05, 4.69) is 0 Å². The Labute approximate surface area is 208 Å². The fourth-order valence-electron chi connectivity index (χ4n) is 3.83. The molecule has 0 aromatic heterocycles. The van der Waals surface area contributed by atoms with E-state index in [1.54, 1.807) is 18.2 Å². The molecular formula is C25H32O11. The maximum atomic E-state index is 10.7. The van der Waals surface area contributed by atoms with Crippen molar-refractivity contribution in [2.75, 3.05) is 13.2 Å². The average Bonchev–Trinajstić information content (AvgIpc) is 3.25. The third-order valence-electron chi connectivity index (χ3n) is 5.67. The van der Waals surface area contributed by atoms with Gasteiger partial charge in [-0.15, -0.1) is 0 Å². The summed E-state index contributed by atoms with van der Waals surface area (Å²) >= 11 is 0. The molecule has 1 saturated carbocycles. The zero-order valence-electron chi connectivity index (χ0n) is 20.2. The topological polar surface area (TPSA) is 185 Å². The van der Waals surface area contributed by atoms with Gasteiger partial charge in [-0.25, -0.2) is 4.79 Å². The Hall–Kier alpha value is -3.57. The molecule has 1 spiro atoms. The van der Waals surface area contributed by atoms with Crippen LogP contribution in [-0.2, 0) is 33.4 Å². The van der Waals surface area contributed by atoms with Crippen molar-refractivity contribution in [2.45, 2.75) is 57.7 Å². The van der Waals surface area contributed by atoms with E-state index >= 15 is 0 Å². The quantitative estimate of drug-likeness (QED) is 0.313. The second kappa shape index (κ2) is 14.7. The number of carboxylic acids is 4. The molecule has 1 aromatic rings. The molecule has 1 saturated heterocycles. The predicted molar refractivity (Wildman–Crippen MR) is 125 cm³/mol. The van der Waals surface area contributed by atoms with Crippen molar-refractivity contribution in [1.82, 2.24) is 0 Å². The predicted octanol–water partition coefficient (Wildman–Crippen LogP) is 2.94. The van der Waals surface area contributed by atoms with Crippen molar-refractivity contribution in [3.8, 4) is 0 Å². The number of ketones is 1. The molecule has 1 aromatic carbocycles. The summed E-state index contributed by atoms with van der Waals surface area (Å²) in [5, 5.41) is 34.1. The van der Waals surface area contributed by atoms with E-state index in [4.69, 9.17) is 29.9 Å². The third kappa shape index (κ3) is 9.96. The van der Waals surface area contributed by atoms with Crippen molar-refractivity contribution < 1.29 is 53.9 Å². The van der Waals surface area contributed by atoms with Crippen LogP contribution >= 0.6 is 0 Å². The van der Waals surface area contributed by atoms with Gasteiger partial charge in [0.05, 0.1) is 19.6 Å². The molecule has 3 rings (SSSR count). The zero-order chi connectivity index (χ0) is 27.3. The van der Waals surface area contributed by atoms with Gasteiger partial charge in [0.15, 0.2) is 17.5 Å². The first-order valence-electron chi connectivity index (χ1n) is 11.3. The number of rotatable bonds is 7. The lowest BCUT2D eigenvalue weighted by Crippen LogP contribution is -2.42. The second-order valence-corrected chi connectivity index (χ2v) is 8.29. The first-order valence-corrected chi connectivity index (χ1v) is 11.3. The highest BCUT2D eigenvalue weighted by molar-refractivity contribution is 5.99. The van der Waals surface area contributed by atoms with Gasteiger partial charge in [0.25, 0.3) is 0 Å². The van der Waals surface area contributed by atoms with Crippen LogP contribution in [0.25, 0.3) is 0 Å². The van der Waals surface area contributed by atoms with Crippen molar-refractivity contribution in [3.63, 3.8) is 0 Å². The molecule has 2 aliphatic rings. The monoisotopic (exact) mass is 508 g/mol. The Morgan fingerprint density at radius 3 is 1.92 bits per heavy atom. The van der Waals surface area contributed by atoms with Crippen LogP contribution in [0.2, 0.25) is 0 Å². The average molecular weight is 509 g/mol. The van der Waals surface area contributed by atoms with Crippen LogP contribution in [0.15, 0.2) is 42.0 Å². The Morgan fingerprint density at radius 1 is 0.944 bits per heavy atom. The molecule has 1 heterocycles. The normalized spacial score (nSPS) is 18.3. The van der Waals surface area contributed by atoms with Gasteiger partial charge in [-0.05, 0) is 37.8 Å². The second-order valence-electron chi connectivity index (χ2n) is 8.29. The number of hydrogen-bond donors (Lipinski definition) is 4. The molecule has 0 bridgehead atoms. The Bertz CT molecular complexity index is 932. The summed E-state index contributed by atoms with van der Waals surface area (Å²) in [5.41, 5.74) is 0.546. The van der Waals surface area contributed by atoms with E-state index in [0.717, 1.165) is 31.8 Å². The summed E-state index contributed by atoms with van der Waals surface area (Å²) in [6.07, 6.45) is 4.99. The maximum absolute atomic E-state index is 10.7. The van der Waals surface area contributed by atoms with Crippen LogP contribution in [-0.4, -0.2) is 69.1 Å². The number of ether oxygens (including phenoxy) is 2. The molecular weight excluding hydrogens is 476 g/mol. The summed E-state index contributed by atoms with van der Waals surface area (Å²) in [7, 11) is 0. The summed E-state index contributed by atoms with van der Waals surface area (Å²) in [6.45, 7) is 4.01. The standard InChI is InChI=1S/C10H16O4.C9H8O4.C6H8O3/c11-9(12)7-8-3-1-2-4-10(8)13-5-6-14-10;10-8(11)7(9(12)13)6-4-2-1-3-5-6;1-4(5(2)7)3-6(8)9/h8H,1-7H2,(H,11,12);1-5,7H,(H,10,11)(H,12,13);3H,1-2H3,(H,8,9). The van der Waals surface area contributed by atoms with Gasteiger partial charge >= 0.3 is 23.9 Å². The number of carbonyl (C=O) groups excluding carboxylic acids is 1. The number of carboxylic acid groups (broad SMARTS) is 4. The van der Waals surface area contributed by atoms with Gasteiger partial charge < -0.3 is 29.9 Å².